The Bertz CT molecular complexity index is 625. The highest BCUT2D eigenvalue weighted by atomic mass is 16.2. The van der Waals surface area contributed by atoms with Crippen LogP contribution >= 0.6 is 0 Å². The van der Waals surface area contributed by atoms with E-state index in [1.165, 1.54) is 10.0 Å². The van der Waals surface area contributed by atoms with Crippen LogP contribution in [0.1, 0.15) is 13.8 Å². The summed E-state index contributed by atoms with van der Waals surface area (Å²) in [6.45, 7) is 3.80. The normalized spacial score (nSPS) is 16.0. The average molecular weight is 294 g/mol. The molecule has 0 saturated carbocycles. The third-order valence-electron chi connectivity index (χ3n) is 3.82. The Morgan fingerprint density at radius 2 is 1.09 bits per heavy atom. The molecule has 4 heteroatoms. The molecule has 0 bridgehead atoms. The molecule has 0 N–H and O–H groups in total. The lowest BCUT2D eigenvalue weighted by molar-refractivity contribution is -0.128. The van der Waals surface area contributed by atoms with Crippen molar-refractivity contribution >= 4 is 23.2 Å². The molecule has 0 aromatic heterocycles. The molecular weight excluding hydrogens is 276 g/mol. The third-order valence-corrected chi connectivity index (χ3v) is 3.82. The monoisotopic (exact) mass is 294 g/mol. The number of amides is 2. The first-order chi connectivity index (χ1) is 10.6. The number of benzene rings is 2. The van der Waals surface area contributed by atoms with Crippen molar-refractivity contribution in [1.29, 1.82) is 0 Å². The van der Waals surface area contributed by atoms with Gasteiger partial charge in [0.2, 0.25) is 0 Å². The number of rotatable bonds is 3. The fraction of sp³-hybridized carbons (Fsp3) is 0.222. The third kappa shape index (κ3) is 2.26. The maximum Gasteiger partial charge on any atom is 0.259 e. The molecule has 1 aliphatic heterocycles. The van der Waals surface area contributed by atoms with E-state index in [2.05, 4.69) is 0 Å². The van der Waals surface area contributed by atoms with E-state index >= 15 is 0 Å². The van der Waals surface area contributed by atoms with Gasteiger partial charge in [0.15, 0.2) is 0 Å². The van der Waals surface area contributed by atoms with E-state index in [0.717, 1.165) is 0 Å². The Kier molecular flexibility index (Phi) is 3.67. The number of hydrogen-bond acceptors (Lipinski definition) is 2. The number of anilines is 2. The highest BCUT2D eigenvalue weighted by Crippen LogP contribution is 2.34. The van der Waals surface area contributed by atoms with Crippen LogP contribution < -0.4 is 10.0 Å². The van der Waals surface area contributed by atoms with Gasteiger partial charge in [-0.25, -0.2) is 10.0 Å². The number of nitrogens with zero attached hydrogens (tertiary/aromatic N) is 2. The summed E-state index contributed by atoms with van der Waals surface area (Å²) in [5.41, 5.74) is 1.40. The van der Waals surface area contributed by atoms with Gasteiger partial charge >= 0.3 is 0 Å². The van der Waals surface area contributed by atoms with Crippen molar-refractivity contribution in [2.75, 3.05) is 10.0 Å². The van der Waals surface area contributed by atoms with E-state index in [-0.39, 0.29) is 17.7 Å². The second-order valence-corrected chi connectivity index (χ2v) is 5.69. The van der Waals surface area contributed by atoms with Gasteiger partial charge in [-0.15, -0.1) is 0 Å². The van der Waals surface area contributed by atoms with Crippen LogP contribution in [0.3, 0.4) is 0 Å². The van der Waals surface area contributed by atoms with Crippen molar-refractivity contribution in [2.24, 2.45) is 11.8 Å². The average Bonchev–Trinajstić information content (AvgIpc) is 2.80. The number of hydrazine groups is 1. The minimum Gasteiger partial charge on any atom is -0.272 e. The van der Waals surface area contributed by atoms with Gasteiger partial charge in [-0.3, -0.25) is 9.59 Å². The van der Waals surface area contributed by atoms with Gasteiger partial charge in [0.25, 0.3) is 11.8 Å². The van der Waals surface area contributed by atoms with Crippen LogP contribution in [0, 0.1) is 11.8 Å². The molecule has 0 atom stereocenters. The molecule has 0 unspecified atom stereocenters. The summed E-state index contributed by atoms with van der Waals surface area (Å²) >= 11 is 0. The number of carbonyl (C=O) groups is 2. The Morgan fingerprint density at radius 3 is 1.41 bits per heavy atom. The summed E-state index contributed by atoms with van der Waals surface area (Å²) in [6, 6.07) is 18.6. The number of para-hydroxylation sites is 2. The van der Waals surface area contributed by atoms with Crippen molar-refractivity contribution in [2.45, 2.75) is 13.8 Å². The fourth-order valence-electron chi connectivity index (χ4n) is 2.76. The molecular formula is C18H18N2O2. The predicted octanol–water partition coefficient (Wildman–Crippen LogP) is 3.25. The molecule has 1 saturated heterocycles. The molecule has 0 aliphatic carbocycles. The van der Waals surface area contributed by atoms with E-state index in [1.54, 1.807) is 0 Å². The molecule has 1 heterocycles. The zero-order valence-corrected chi connectivity index (χ0v) is 12.6. The number of carbonyl (C=O) groups excluding carboxylic acids is 2. The van der Waals surface area contributed by atoms with Crippen LogP contribution in [-0.4, -0.2) is 11.8 Å². The summed E-state index contributed by atoms with van der Waals surface area (Å²) in [4.78, 5) is 25.6. The zero-order valence-electron chi connectivity index (χ0n) is 12.6. The molecule has 112 valence electrons. The lowest BCUT2D eigenvalue weighted by Gasteiger charge is -2.27. The lowest BCUT2D eigenvalue weighted by atomic mass is 9.95. The molecule has 0 radical (unpaired) electrons. The van der Waals surface area contributed by atoms with Gasteiger partial charge in [-0.05, 0) is 30.2 Å². The van der Waals surface area contributed by atoms with Crippen LogP contribution in [0.15, 0.2) is 60.7 Å². The van der Waals surface area contributed by atoms with E-state index in [0.29, 0.717) is 11.4 Å². The molecule has 1 fully saturated rings. The van der Waals surface area contributed by atoms with Gasteiger partial charge in [-0.2, -0.15) is 0 Å². The topological polar surface area (TPSA) is 40.6 Å². The first kappa shape index (κ1) is 14.3. The summed E-state index contributed by atoms with van der Waals surface area (Å²) in [5.74, 6) is -1.02. The van der Waals surface area contributed by atoms with Crippen molar-refractivity contribution in [3.05, 3.63) is 60.7 Å². The Morgan fingerprint density at radius 1 is 0.727 bits per heavy atom. The van der Waals surface area contributed by atoms with Gasteiger partial charge in [-0.1, -0.05) is 50.2 Å². The summed E-state index contributed by atoms with van der Waals surface area (Å²) < 4.78 is 0. The molecule has 4 nitrogen and oxygen atoms in total. The van der Waals surface area contributed by atoms with E-state index in [9.17, 15) is 9.59 Å². The largest absolute Gasteiger partial charge is 0.272 e. The van der Waals surface area contributed by atoms with E-state index < -0.39 is 5.92 Å². The first-order valence-corrected chi connectivity index (χ1v) is 7.39. The summed E-state index contributed by atoms with van der Waals surface area (Å²) in [6.07, 6.45) is 0. The highest BCUT2D eigenvalue weighted by Gasteiger charge is 2.48. The van der Waals surface area contributed by atoms with Crippen LogP contribution in [0.2, 0.25) is 0 Å². The smallest absolute Gasteiger partial charge is 0.259 e. The fourth-order valence-corrected chi connectivity index (χ4v) is 2.76. The van der Waals surface area contributed by atoms with E-state index in [4.69, 9.17) is 0 Å². The van der Waals surface area contributed by atoms with Crippen molar-refractivity contribution < 1.29 is 9.59 Å². The second kappa shape index (κ2) is 5.64. The standard InChI is InChI=1S/C18H18N2O2/c1-13(2)16-17(21)19(14-9-5-3-6-10-14)20(18(16)22)15-11-7-4-8-12-15/h3-13,16H,1-2H3. The van der Waals surface area contributed by atoms with Crippen LogP contribution in [0.5, 0.6) is 0 Å². The van der Waals surface area contributed by atoms with Crippen LogP contribution in [0.25, 0.3) is 0 Å². The molecule has 0 spiro atoms. The van der Waals surface area contributed by atoms with Crippen LogP contribution in [-0.2, 0) is 9.59 Å². The second-order valence-electron chi connectivity index (χ2n) is 5.69. The first-order valence-electron chi connectivity index (χ1n) is 7.39. The van der Waals surface area contributed by atoms with E-state index in [1.807, 2.05) is 74.5 Å². The molecule has 2 aromatic carbocycles. The summed E-state index contributed by atoms with van der Waals surface area (Å²) in [5, 5.41) is 2.98. The van der Waals surface area contributed by atoms with Crippen molar-refractivity contribution in [3.63, 3.8) is 0 Å². The quantitative estimate of drug-likeness (QED) is 0.815. The van der Waals surface area contributed by atoms with Crippen LogP contribution in [0.4, 0.5) is 11.4 Å². The summed E-state index contributed by atoms with van der Waals surface area (Å²) in [7, 11) is 0. The Labute approximate surface area is 129 Å². The van der Waals surface area contributed by atoms with Gasteiger partial charge in [0, 0.05) is 0 Å². The SMILES string of the molecule is CC(C)C1C(=O)N(c2ccccc2)N(c2ccccc2)C1=O. The van der Waals surface area contributed by atoms with Crippen molar-refractivity contribution in [3.8, 4) is 0 Å². The minimum absolute atomic E-state index is 0.0417. The molecule has 2 aromatic rings. The highest BCUT2D eigenvalue weighted by molar-refractivity contribution is 6.23. The van der Waals surface area contributed by atoms with Gasteiger partial charge in [0.1, 0.15) is 5.92 Å². The maximum absolute atomic E-state index is 12.8. The Balaban J connectivity index is 2.11. The Hall–Kier alpha value is -2.62. The molecule has 2 amide bonds. The molecule has 3 rings (SSSR count). The predicted molar refractivity (Wildman–Crippen MR) is 86.2 cm³/mol. The molecule has 22 heavy (non-hydrogen) atoms. The van der Waals surface area contributed by atoms with Gasteiger partial charge < -0.3 is 0 Å². The molecule has 1 aliphatic rings. The van der Waals surface area contributed by atoms with Gasteiger partial charge in [0.05, 0.1) is 11.4 Å². The maximum atomic E-state index is 12.8. The minimum atomic E-state index is -0.639. The van der Waals surface area contributed by atoms with Crippen molar-refractivity contribution in [1.82, 2.24) is 0 Å². The lowest BCUT2D eigenvalue weighted by Crippen LogP contribution is -2.41. The zero-order chi connectivity index (χ0) is 15.7. The number of hydrogen-bond donors (Lipinski definition) is 0.